The van der Waals surface area contributed by atoms with Crippen LogP contribution in [-0.2, 0) is 9.47 Å². The maximum absolute atomic E-state index is 6.10. The first kappa shape index (κ1) is 22.7. The zero-order valence-electron chi connectivity index (χ0n) is 18.6. The fourth-order valence-corrected chi connectivity index (χ4v) is 3.82. The van der Waals surface area contributed by atoms with Gasteiger partial charge in [0.25, 0.3) is 0 Å². The summed E-state index contributed by atoms with van der Waals surface area (Å²) in [5, 5.41) is 3.42. The standard InChI is InChI=1S/C23H37N3O4/c1-4-24-23(25-16-18(2)30-21-9-7-19(27-3)8-10-21)26-13-11-20(12-14-26)29-17-22-6-5-15-28-22/h7-10,18,20,22H,4-6,11-17H2,1-3H3,(H,24,25). The van der Waals surface area contributed by atoms with E-state index in [0.717, 1.165) is 76.0 Å². The number of likely N-dealkylation sites (tertiary alicyclic amines) is 1. The third kappa shape index (κ3) is 7.06. The fraction of sp³-hybridized carbons (Fsp3) is 0.696. The van der Waals surface area contributed by atoms with Crippen LogP contribution < -0.4 is 14.8 Å². The maximum Gasteiger partial charge on any atom is 0.194 e. The van der Waals surface area contributed by atoms with Crippen molar-refractivity contribution in [3.63, 3.8) is 0 Å². The number of benzene rings is 1. The summed E-state index contributed by atoms with van der Waals surface area (Å²) >= 11 is 0. The van der Waals surface area contributed by atoms with Crippen LogP contribution in [0.1, 0.15) is 39.5 Å². The van der Waals surface area contributed by atoms with Gasteiger partial charge in [-0.3, -0.25) is 0 Å². The summed E-state index contributed by atoms with van der Waals surface area (Å²) in [4.78, 5) is 7.15. The van der Waals surface area contributed by atoms with E-state index in [1.165, 1.54) is 0 Å². The van der Waals surface area contributed by atoms with Gasteiger partial charge in [0.15, 0.2) is 5.96 Å². The number of nitrogens with zero attached hydrogens (tertiary/aromatic N) is 2. The van der Waals surface area contributed by atoms with Crippen molar-refractivity contribution in [2.45, 2.75) is 57.8 Å². The summed E-state index contributed by atoms with van der Waals surface area (Å²) in [7, 11) is 1.66. The van der Waals surface area contributed by atoms with Gasteiger partial charge in [0.2, 0.25) is 0 Å². The Labute approximate surface area is 180 Å². The van der Waals surface area contributed by atoms with Crippen molar-refractivity contribution < 1.29 is 18.9 Å². The molecule has 2 fully saturated rings. The molecule has 1 N–H and O–H groups in total. The van der Waals surface area contributed by atoms with Crippen LogP contribution in [0.2, 0.25) is 0 Å². The molecule has 0 bridgehead atoms. The van der Waals surface area contributed by atoms with Gasteiger partial charge < -0.3 is 29.2 Å². The number of hydrogen-bond donors (Lipinski definition) is 1. The van der Waals surface area contributed by atoms with E-state index in [2.05, 4.69) is 17.1 Å². The lowest BCUT2D eigenvalue weighted by Gasteiger charge is -2.34. The smallest absolute Gasteiger partial charge is 0.194 e. The van der Waals surface area contributed by atoms with E-state index in [9.17, 15) is 0 Å². The highest BCUT2D eigenvalue weighted by Gasteiger charge is 2.24. The van der Waals surface area contributed by atoms with Gasteiger partial charge in [-0.05, 0) is 63.8 Å². The third-order valence-corrected chi connectivity index (χ3v) is 5.51. The van der Waals surface area contributed by atoms with Gasteiger partial charge in [-0.2, -0.15) is 0 Å². The number of hydrogen-bond acceptors (Lipinski definition) is 5. The average Bonchev–Trinajstić information content (AvgIpc) is 3.30. The van der Waals surface area contributed by atoms with E-state index >= 15 is 0 Å². The normalized spacial score (nSPS) is 21.5. The molecule has 1 aromatic rings. The first-order chi connectivity index (χ1) is 14.7. The molecule has 7 heteroatoms. The maximum atomic E-state index is 6.10. The van der Waals surface area contributed by atoms with E-state index in [1.54, 1.807) is 7.11 Å². The molecule has 2 atom stereocenters. The van der Waals surface area contributed by atoms with Crippen molar-refractivity contribution in [1.29, 1.82) is 0 Å². The van der Waals surface area contributed by atoms with E-state index in [1.807, 2.05) is 31.2 Å². The van der Waals surface area contributed by atoms with Crippen molar-refractivity contribution in [1.82, 2.24) is 10.2 Å². The summed E-state index contributed by atoms with van der Waals surface area (Å²) in [6.07, 6.45) is 4.95. The molecule has 0 aliphatic carbocycles. The second-order valence-corrected chi connectivity index (χ2v) is 7.95. The Balaban J connectivity index is 1.44. The first-order valence-corrected chi connectivity index (χ1v) is 11.2. The largest absolute Gasteiger partial charge is 0.497 e. The average molecular weight is 420 g/mol. The van der Waals surface area contributed by atoms with Crippen LogP contribution in [-0.4, -0.2) is 75.7 Å². The van der Waals surface area contributed by atoms with Crippen molar-refractivity contribution >= 4 is 5.96 Å². The fourth-order valence-electron chi connectivity index (χ4n) is 3.82. The van der Waals surface area contributed by atoms with Crippen LogP contribution in [0.5, 0.6) is 11.5 Å². The molecule has 30 heavy (non-hydrogen) atoms. The molecule has 2 unspecified atom stereocenters. The molecule has 3 rings (SSSR count). The topological polar surface area (TPSA) is 64.6 Å². The first-order valence-electron chi connectivity index (χ1n) is 11.2. The molecular formula is C23H37N3O4. The van der Waals surface area contributed by atoms with Crippen LogP contribution in [0.3, 0.4) is 0 Å². The SMILES string of the molecule is CCNC(=NCC(C)Oc1ccc(OC)cc1)N1CCC(OCC2CCCO2)CC1. The lowest BCUT2D eigenvalue weighted by atomic mass is 10.1. The number of nitrogens with one attached hydrogen (secondary N) is 1. The molecule has 0 aromatic heterocycles. The molecular weight excluding hydrogens is 382 g/mol. The van der Waals surface area contributed by atoms with Crippen LogP contribution in [0.25, 0.3) is 0 Å². The molecule has 0 radical (unpaired) electrons. The monoisotopic (exact) mass is 419 g/mol. The summed E-state index contributed by atoms with van der Waals surface area (Å²) < 4.78 is 22.9. The summed E-state index contributed by atoms with van der Waals surface area (Å²) in [5.41, 5.74) is 0. The van der Waals surface area contributed by atoms with Crippen LogP contribution in [0, 0.1) is 0 Å². The molecule has 0 amide bonds. The van der Waals surface area contributed by atoms with E-state index in [0.29, 0.717) is 18.8 Å². The highest BCUT2D eigenvalue weighted by atomic mass is 16.5. The highest BCUT2D eigenvalue weighted by molar-refractivity contribution is 5.80. The minimum absolute atomic E-state index is 0.0145. The minimum Gasteiger partial charge on any atom is -0.497 e. The van der Waals surface area contributed by atoms with Crippen LogP contribution >= 0.6 is 0 Å². The zero-order chi connectivity index (χ0) is 21.2. The third-order valence-electron chi connectivity index (χ3n) is 5.51. The van der Waals surface area contributed by atoms with E-state index < -0.39 is 0 Å². The molecule has 7 nitrogen and oxygen atoms in total. The molecule has 168 valence electrons. The Morgan fingerprint density at radius 1 is 1.20 bits per heavy atom. The Kier molecular flexibility index (Phi) is 9.08. The minimum atomic E-state index is -0.0145. The number of guanidine groups is 1. The Hall–Kier alpha value is -1.99. The number of ether oxygens (including phenoxy) is 4. The number of aliphatic imine (C=N–C) groups is 1. The van der Waals surface area contributed by atoms with Gasteiger partial charge >= 0.3 is 0 Å². The van der Waals surface area contributed by atoms with E-state index in [-0.39, 0.29) is 6.10 Å². The Morgan fingerprint density at radius 2 is 1.93 bits per heavy atom. The Bertz CT molecular complexity index is 638. The lowest BCUT2D eigenvalue weighted by molar-refractivity contribution is -0.0367. The van der Waals surface area contributed by atoms with Crippen molar-refractivity contribution in [3.8, 4) is 11.5 Å². The van der Waals surface area contributed by atoms with Gasteiger partial charge in [0.05, 0.1) is 32.5 Å². The van der Waals surface area contributed by atoms with Crippen molar-refractivity contribution in [2.75, 3.05) is 46.5 Å². The predicted octanol–water partition coefficient (Wildman–Crippen LogP) is 3.09. The summed E-state index contributed by atoms with van der Waals surface area (Å²) in [6, 6.07) is 7.65. The lowest BCUT2D eigenvalue weighted by Crippen LogP contribution is -2.47. The van der Waals surface area contributed by atoms with Gasteiger partial charge in [0.1, 0.15) is 17.6 Å². The van der Waals surface area contributed by atoms with Gasteiger partial charge in [-0.25, -0.2) is 4.99 Å². The highest BCUT2D eigenvalue weighted by Crippen LogP contribution is 2.19. The predicted molar refractivity (Wildman–Crippen MR) is 119 cm³/mol. The number of rotatable bonds is 9. The van der Waals surface area contributed by atoms with Gasteiger partial charge in [0, 0.05) is 26.2 Å². The molecule has 2 saturated heterocycles. The molecule has 2 heterocycles. The van der Waals surface area contributed by atoms with Crippen molar-refractivity contribution in [2.24, 2.45) is 4.99 Å². The molecule has 1 aromatic carbocycles. The van der Waals surface area contributed by atoms with Gasteiger partial charge in [-0.15, -0.1) is 0 Å². The summed E-state index contributed by atoms with van der Waals surface area (Å²) in [6.45, 7) is 9.12. The molecule has 0 spiro atoms. The quantitative estimate of drug-likeness (QED) is 0.490. The number of methoxy groups -OCH3 is 1. The van der Waals surface area contributed by atoms with Gasteiger partial charge in [-0.1, -0.05) is 0 Å². The van der Waals surface area contributed by atoms with E-state index in [4.69, 9.17) is 23.9 Å². The number of piperidine rings is 1. The molecule has 2 aliphatic heterocycles. The Morgan fingerprint density at radius 3 is 2.57 bits per heavy atom. The second-order valence-electron chi connectivity index (χ2n) is 7.95. The molecule has 2 aliphatic rings. The van der Waals surface area contributed by atoms with Crippen LogP contribution in [0.4, 0.5) is 0 Å². The second kappa shape index (κ2) is 12.0. The zero-order valence-corrected chi connectivity index (χ0v) is 18.6. The summed E-state index contributed by atoms with van der Waals surface area (Å²) in [5.74, 6) is 2.61. The van der Waals surface area contributed by atoms with Crippen molar-refractivity contribution in [3.05, 3.63) is 24.3 Å². The van der Waals surface area contributed by atoms with Crippen LogP contribution in [0.15, 0.2) is 29.3 Å². The molecule has 0 saturated carbocycles.